The molecular weight excluding hydrogens is 263 g/mol. The zero-order valence-electron chi connectivity index (χ0n) is 13.7. The van der Waals surface area contributed by atoms with E-state index in [9.17, 15) is 4.39 Å². The Hall–Kier alpha value is -1.09. The largest absolute Gasteiger partial charge is 0.371 e. The van der Waals surface area contributed by atoms with Gasteiger partial charge >= 0.3 is 0 Å². The number of nitrogens with one attached hydrogen (secondary N) is 1. The van der Waals surface area contributed by atoms with Gasteiger partial charge in [0.05, 0.1) is 0 Å². The maximum Gasteiger partial charge on any atom is 0.123 e. The molecule has 1 aliphatic rings. The summed E-state index contributed by atoms with van der Waals surface area (Å²) < 4.78 is 13.5. The number of nitrogens with zero attached hydrogens (tertiary/aromatic N) is 1. The topological polar surface area (TPSA) is 15.3 Å². The quantitative estimate of drug-likeness (QED) is 0.875. The Morgan fingerprint density at radius 1 is 1.29 bits per heavy atom. The molecule has 1 aromatic carbocycles. The number of halogens is 1. The van der Waals surface area contributed by atoms with E-state index in [4.69, 9.17) is 0 Å². The average molecular weight is 292 g/mol. The summed E-state index contributed by atoms with van der Waals surface area (Å²) in [4.78, 5) is 2.45. The lowest BCUT2D eigenvalue weighted by atomic mass is 9.89. The fourth-order valence-corrected chi connectivity index (χ4v) is 3.29. The number of rotatable bonds is 5. The molecule has 0 bridgehead atoms. The molecule has 0 aromatic heterocycles. The van der Waals surface area contributed by atoms with Crippen LogP contribution in [0.2, 0.25) is 0 Å². The fraction of sp³-hybridized carbons (Fsp3) is 0.667. The molecule has 1 aromatic rings. The lowest BCUT2D eigenvalue weighted by Gasteiger charge is -2.26. The van der Waals surface area contributed by atoms with Gasteiger partial charge in [-0.25, -0.2) is 4.39 Å². The highest BCUT2D eigenvalue weighted by Gasteiger charge is 2.21. The third-order valence-corrected chi connectivity index (χ3v) is 4.66. The number of hydrogen-bond acceptors (Lipinski definition) is 2. The predicted molar refractivity (Wildman–Crippen MR) is 88.2 cm³/mol. The molecule has 0 spiro atoms. The second-order valence-electron chi connectivity index (χ2n) is 6.48. The van der Waals surface area contributed by atoms with E-state index in [0.717, 1.165) is 43.6 Å². The Labute approximate surface area is 128 Å². The van der Waals surface area contributed by atoms with E-state index in [-0.39, 0.29) is 5.82 Å². The van der Waals surface area contributed by atoms with Gasteiger partial charge in [-0.2, -0.15) is 0 Å². The number of anilines is 1. The molecule has 0 saturated carbocycles. The summed E-state index contributed by atoms with van der Waals surface area (Å²) in [6.45, 7) is 10.6. The lowest BCUT2D eigenvalue weighted by molar-refractivity contribution is 0.351. The van der Waals surface area contributed by atoms with Crippen LogP contribution in [0.5, 0.6) is 0 Å². The molecular formula is C18H29FN2. The summed E-state index contributed by atoms with van der Waals surface area (Å²) in [7, 11) is 0. The highest BCUT2D eigenvalue weighted by molar-refractivity contribution is 5.54. The van der Waals surface area contributed by atoms with Crippen LogP contribution in [0.1, 0.15) is 45.6 Å². The smallest absolute Gasteiger partial charge is 0.123 e. The van der Waals surface area contributed by atoms with Crippen LogP contribution in [0.4, 0.5) is 10.1 Å². The molecule has 1 fully saturated rings. The SMILES string of the molecule is CCNCc1cc(F)ccc1N1CCCC(C(C)C)CC1. The van der Waals surface area contributed by atoms with E-state index < -0.39 is 0 Å². The van der Waals surface area contributed by atoms with Gasteiger partial charge in [0.25, 0.3) is 0 Å². The molecule has 1 N–H and O–H groups in total. The molecule has 2 nitrogen and oxygen atoms in total. The zero-order valence-corrected chi connectivity index (χ0v) is 13.7. The summed E-state index contributed by atoms with van der Waals surface area (Å²) in [5.41, 5.74) is 2.29. The van der Waals surface area contributed by atoms with Crippen molar-refractivity contribution in [3.63, 3.8) is 0 Å². The summed E-state index contributed by atoms with van der Waals surface area (Å²) in [6, 6.07) is 5.23. The summed E-state index contributed by atoms with van der Waals surface area (Å²) >= 11 is 0. The van der Waals surface area contributed by atoms with Crippen LogP contribution in [0.15, 0.2) is 18.2 Å². The van der Waals surface area contributed by atoms with Crippen molar-refractivity contribution in [3.05, 3.63) is 29.6 Å². The number of hydrogen-bond donors (Lipinski definition) is 1. The Morgan fingerprint density at radius 2 is 2.10 bits per heavy atom. The minimum atomic E-state index is -0.137. The highest BCUT2D eigenvalue weighted by Crippen LogP contribution is 2.29. The molecule has 1 aliphatic heterocycles. The lowest BCUT2D eigenvalue weighted by Crippen LogP contribution is -2.27. The van der Waals surface area contributed by atoms with Gasteiger partial charge in [-0.3, -0.25) is 0 Å². The minimum absolute atomic E-state index is 0.137. The van der Waals surface area contributed by atoms with Gasteiger partial charge < -0.3 is 10.2 Å². The van der Waals surface area contributed by atoms with Crippen molar-refractivity contribution < 1.29 is 4.39 Å². The van der Waals surface area contributed by atoms with Crippen LogP contribution < -0.4 is 10.2 Å². The average Bonchev–Trinajstić information content (AvgIpc) is 2.71. The molecule has 3 heteroatoms. The molecule has 118 valence electrons. The summed E-state index contributed by atoms with van der Waals surface area (Å²) in [5, 5.41) is 3.32. The molecule has 21 heavy (non-hydrogen) atoms. The monoisotopic (exact) mass is 292 g/mol. The Balaban J connectivity index is 2.13. The Morgan fingerprint density at radius 3 is 2.81 bits per heavy atom. The van der Waals surface area contributed by atoms with Gasteiger partial charge in [-0.15, -0.1) is 0 Å². The molecule has 2 rings (SSSR count). The maximum atomic E-state index is 13.5. The molecule has 0 radical (unpaired) electrons. The van der Waals surface area contributed by atoms with Gasteiger partial charge in [0, 0.05) is 25.3 Å². The summed E-state index contributed by atoms with van der Waals surface area (Å²) in [6.07, 6.45) is 3.80. The van der Waals surface area contributed by atoms with Gasteiger partial charge in [-0.1, -0.05) is 20.8 Å². The first kappa shape index (κ1) is 16.3. The van der Waals surface area contributed by atoms with Crippen LogP contribution in [0.3, 0.4) is 0 Å². The second-order valence-corrected chi connectivity index (χ2v) is 6.48. The van der Waals surface area contributed by atoms with Crippen molar-refractivity contribution in [3.8, 4) is 0 Å². The van der Waals surface area contributed by atoms with E-state index in [1.54, 1.807) is 12.1 Å². The van der Waals surface area contributed by atoms with Crippen LogP contribution in [-0.2, 0) is 6.54 Å². The third-order valence-electron chi connectivity index (χ3n) is 4.66. The fourth-order valence-electron chi connectivity index (χ4n) is 3.29. The second kappa shape index (κ2) is 7.79. The standard InChI is InChI=1S/C18H29FN2/c1-4-20-13-16-12-17(19)7-8-18(16)21-10-5-6-15(9-11-21)14(2)3/h7-8,12,14-15,20H,4-6,9-11,13H2,1-3H3. The zero-order chi connectivity index (χ0) is 15.2. The van der Waals surface area contributed by atoms with Crippen molar-refractivity contribution in [1.29, 1.82) is 0 Å². The van der Waals surface area contributed by atoms with Crippen molar-refractivity contribution >= 4 is 5.69 Å². The van der Waals surface area contributed by atoms with E-state index in [2.05, 4.69) is 31.0 Å². The van der Waals surface area contributed by atoms with Gasteiger partial charge in [0.1, 0.15) is 5.82 Å². The van der Waals surface area contributed by atoms with E-state index in [0.29, 0.717) is 0 Å². The minimum Gasteiger partial charge on any atom is -0.371 e. The van der Waals surface area contributed by atoms with Gasteiger partial charge in [-0.05, 0) is 61.4 Å². The van der Waals surface area contributed by atoms with Gasteiger partial charge in [0.2, 0.25) is 0 Å². The van der Waals surface area contributed by atoms with Crippen LogP contribution in [0.25, 0.3) is 0 Å². The molecule has 1 unspecified atom stereocenters. The maximum absolute atomic E-state index is 13.5. The molecule has 1 heterocycles. The van der Waals surface area contributed by atoms with Crippen molar-refractivity contribution in [2.24, 2.45) is 11.8 Å². The van der Waals surface area contributed by atoms with Crippen LogP contribution in [-0.4, -0.2) is 19.6 Å². The Bertz CT molecular complexity index is 445. The van der Waals surface area contributed by atoms with Crippen LogP contribution >= 0.6 is 0 Å². The summed E-state index contributed by atoms with van der Waals surface area (Å²) in [5.74, 6) is 1.45. The van der Waals surface area contributed by atoms with Gasteiger partial charge in [0.15, 0.2) is 0 Å². The third kappa shape index (κ3) is 4.44. The first-order valence-corrected chi connectivity index (χ1v) is 8.36. The Kier molecular flexibility index (Phi) is 6.04. The molecule has 0 amide bonds. The van der Waals surface area contributed by atoms with Crippen molar-refractivity contribution in [1.82, 2.24) is 5.32 Å². The molecule has 1 atom stereocenters. The van der Waals surface area contributed by atoms with E-state index >= 15 is 0 Å². The van der Waals surface area contributed by atoms with Crippen molar-refractivity contribution in [2.75, 3.05) is 24.5 Å². The van der Waals surface area contributed by atoms with E-state index in [1.165, 1.54) is 24.9 Å². The number of benzene rings is 1. The van der Waals surface area contributed by atoms with Crippen molar-refractivity contribution in [2.45, 2.75) is 46.6 Å². The molecule has 0 aliphatic carbocycles. The van der Waals surface area contributed by atoms with E-state index in [1.807, 2.05) is 6.07 Å². The normalized spacial score (nSPS) is 19.9. The van der Waals surface area contributed by atoms with Crippen LogP contribution in [0, 0.1) is 17.7 Å². The predicted octanol–water partition coefficient (Wildman–Crippen LogP) is 4.20. The first-order chi connectivity index (χ1) is 10.1. The first-order valence-electron chi connectivity index (χ1n) is 8.36. The highest BCUT2D eigenvalue weighted by atomic mass is 19.1. The molecule has 1 saturated heterocycles.